The van der Waals surface area contributed by atoms with Crippen molar-refractivity contribution in [3.05, 3.63) is 199 Å². The van der Waals surface area contributed by atoms with Crippen molar-refractivity contribution in [1.82, 2.24) is 13.7 Å². The minimum absolute atomic E-state index is 0.180. The van der Waals surface area contributed by atoms with Crippen molar-refractivity contribution in [2.45, 2.75) is 162 Å². The molecule has 3 nitrogen and oxygen atoms in total. The highest BCUT2D eigenvalue weighted by Crippen LogP contribution is 2.33. The van der Waals surface area contributed by atoms with Crippen LogP contribution < -0.4 is 0 Å². The van der Waals surface area contributed by atoms with E-state index in [2.05, 4.69) is 246 Å². The molecule has 0 N–H and O–H groups in total. The number of aromatic nitrogens is 3. The summed E-state index contributed by atoms with van der Waals surface area (Å²) >= 11 is 0. The molecule has 372 valence electrons. The van der Waals surface area contributed by atoms with Gasteiger partial charge in [0, 0.05) is 46.4 Å². The van der Waals surface area contributed by atoms with Gasteiger partial charge in [0.25, 0.3) is 0 Å². The zero-order valence-electron chi connectivity index (χ0n) is 47.2. The summed E-state index contributed by atoms with van der Waals surface area (Å²) in [5.41, 5.74) is 12.2. The summed E-state index contributed by atoms with van der Waals surface area (Å²) in [7, 11) is 0. The Morgan fingerprint density at radius 1 is 0.275 bits per heavy atom. The van der Waals surface area contributed by atoms with Crippen LogP contribution in [-0.4, -0.2) is 13.7 Å². The quantitative estimate of drug-likeness (QED) is 0.168. The van der Waals surface area contributed by atoms with Crippen LogP contribution in [0.15, 0.2) is 182 Å². The van der Waals surface area contributed by atoms with Crippen molar-refractivity contribution in [2.24, 2.45) is 0 Å². The van der Waals surface area contributed by atoms with E-state index in [-0.39, 0.29) is 16.2 Å². The SMILES string of the molecule is CC.CC.CC.CC.CC.CC.CC(C)(C)c1ccc(-n2c3ccccc3c3ccccc32)cc1.CC(C)(C)c1ccc(-n2ccc3ccccc32)cc1.CC(C)(C)c1ccc(-n2cccc2)cc1. The molecule has 0 aliphatic carbocycles. The molecular formula is C66H93N3. The van der Waals surface area contributed by atoms with Crippen LogP contribution in [0.2, 0.25) is 0 Å². The standard InChI is InChI=1S/C22H21N.C18H19N.C14H17N.6C2H6/c1-22(2,3)16-12-14-17(15-13-16)23-20-10-6-4-8-18(20)19-9-5-7-11-21(19)23;1-18(2,3)15-8-10-16(11-9-15)19-13-12-14-6-4-5-7-17(14)19;1-14(2,3)12-6-8-13(9-7-12)15-10-4-5-11-15;6*1-2/h4-15H,1-3H3;4-13H,1-3H3;4-11H,1-3H3;6*1-2H3. The molecule has 69 heavy (non-hydrogen) atoms. The van der Waals surface area contributed by atoms with E-state index in [0.717, 1.165) is 0 Å². The Balaban J connectivity index is 0.000000473. The van der Waals surface area contributed by atoms with Gasteiger partial charge in [0.15, 0.2) is 0 Å². The van der Waals surface area contributed by atoms with Gasteiger partial charge in [-0.1, -0.05) is 236 Å². The molecule has 0 aliphatic rings. The molecule has 0 unspecified atom stereocenters. The smallest absolute Gasteiger partial charge is 0.0541 e. The largest absolute Gasteiger partial charge is 0.324 e. The van der Waals surface area contributed by atoms with Gasteiger partial charge in [0.1, 0.15) is 0 Å². The molecule has 0 bridgehead atoms. The Kier molecular flexibility index (Phi) is 26.9. The van der Waals surface area contributed by atoms with Gasteiger partial charge in [-0.3, -0.25) is 0 Å². The maximum Gasteiger partial charge on any atom is 0.0541 e. The third-order valence-electron chi connectivity index (χ3n) is 10.8. The Hall–Kier alpha value is -6.06. The molecule has 6 aromatic carbocycles. The van der Waals surface area contributed by atoms with E-state index in [9.17, 15) is 0 Å². The Labute approximate surface area is 422 Å². The number of para-hydroxylation sites is 3. The van der Waals surface area contributed by atoms with Crippen molar-refractivity contribution in [2.75, 3.05) is 0 Å². The average Bonchev–Trinajstić information content (AvgIpc) is 4.17. The number of fused-ring (bicyclic) bond motifs is 4. The average molecular weight is 928 g/mol. The lowest BCUT2D eigenvalue weighted by atomic mass is 9.87. The summed E-state index contributed by atoms with van der Waals surface area (Å²) in [5, 5.41) is 3.90. The highest BCUT2D eigenvalue weighted by molar-refractivity contribution is 6.09. The maximum absolute atomic E-state index is 2.36. The van der Waals surface area contributed by atoms with Crippen LogP contribution in [0.4, 0.5) is 0 Å². The summed E-state index contributed by atoms with van der Waals surface area (Å²) in [6.45, 7) is 44.2. The molecule has 0 fully saturated rings. The Morgan fingerprint density at radius 2 is 0.594 bits per heavy atom. The highest BCUT2D eigenvalue weighted by Gasteiger charge is 2.16. The Morgan fingerprint density at radius 3 is 0.971 bits per heavy atom. The van der Waals surface area contributed by atoms with Gasteiger partial charge < -0.3 is 13.7 Å². The monoisotopic (exact) mass is 928 g/mol. The number of hydrogen-bond acceptors (Lipinski definition) is 0. The fraction of sp³-hybridized carbons (Fsp3) is 0.364. The van der Waals surface area contributed by atoms with Gasteiger partial charge in [0.2, 0.25) is 0 Å². The van der Waals surface area contributed by atoms with Crippen molar-refractivity contribution >= 4 is 32.7 Å². The molecule has 0 amide bonds. The molecule has 0 aliphatic heterocycles. The van der Waals surface area contributed by atoms with E-state index < -0.39 is 0 Å². The van der Waals surface area contributed by atoms with Gasteiger partial charge in [-0.25, -0.2) is 0 Å². The first-order chi connectivity index (χ1) is 33.2. The zero-order chi connectivity index (χ0) is 52.4. The molecule has 9 rings (SSSR count). The second-order valence-corrected chi connectivity index (χ2v) is 18.1. The number of nitrogens with zero attached hydrogens (tertiary/aromatic N) is 3. The van der Waals surface area contributed by atoms with Crippen molar-refractivity contribution in [3.63, 3.8) is 0 Å². The van der Waals surface area contributed by atoms with E-state index in [4.69, 9.17) is 0 Å². The van der Waals surface area contributed by atoms with Crippen molar-refractivity contribution in [3.8, 4) is 17.1 Å². The molecule has 9 aromatic rings. The second-order valence-electron chi connectivity index (χ2n) is 18.1. The molecule has 0 spiro atoms. The maximum atomic E-state index is 2.36. The van der Waals surface area contributed by atoms with Crippen LogP contribution in [0, 0.1) is 0 Å². The zero-order valence-corrected chi connectivity index (χ0v) is 47.2. The molecule has 3 aromatic heterocycles. The highest BCUT2D eigenvalue weighted by atomic mass is 15.0. The lowest BCUT2D eigenvalue weighted by Crippen LogP contribution is -2.10. The second kappa shape index (κ2) is 30.4. The van der Waals surface area contributed by atoms with Gasteiger partial charge in [-0.05, 0) is 111 Å². The van der Waals surface area contributed by atoms with Crippen LogP contribution in [0.1, 0.15) is 162 Å². The Bertz CT molecular complexity index is 2630. The number of hydrogen-bond donors (Lipinski definition) is 0. The van der Waals surface area contributed by atoms with Gasteiger partial charge in [-0.15, -0.1) is 0 Å². The summed E-state index contributed by atoms with van der Waals surface area (Å²) in [5.74, 6) is 0. The predicted molar refractivity (Wildman–Crippen MR) is 314 cm³/mol. The van der Waals surface area contributed by atoms with E-state index >= 15 is 0 Å². The van der Waals surface area contributed by atoms with Gasteiger partial charge in [-0.2, -0.15) is 0 Å². The molecule has 3 heterocycles. The van der Waals surface area contributed by atoms with Crippen LogP contribution >= 0.6 is 0 Å². The first-order valence-corrected chi connectivity index (χ1v) is 26.2. The fourth-order valence-corrected chi connectivity index (χ4v) is 7.38. The lowest BCUT2D eigenvalue weighted by molar-refractivity contribution is 0.590. The first kappa shape index (κ1) is 61.0. The van der Waals surface area contributed by atoms with E-state index in [1.165, 1.54) is 66.5 Å². The van der Waals surface area contributed by atoms with E-state index in [1.807, 2.05) is 95.2 Å². The van der Waals surface area contributed by atoms with Gasteiger partial charge >= 0.3 is 0 Å². The minimum Gasteiger partial charge on any atom is -0.324 e. The number of rotatable bonds is 3. The van der Waals surface area contributed by atoms with Crippen LogP contribution in [-0.2, 0) is 16.2 Å². The fourth-order valence-electron chi connectivity index (χ4n) is 7.38. The van der Waals surface area contributed by atoms with Crippen molar-refractivity contribution in [1.29, 1.82) is 0 Å². The normalized spacial score (nSPS) is 10.4. The summed E-state index contributed by atoms with van der Waals surface area (Å²) in [4.78, 5) is 0. The van der Waals surface area contributed by atoms with Gasteiger partial charge in [0.05, 0.1) is 16.6 Å². The third kappa shape index (κ3) is 16.8. The molecule has 0 saturated heterocycles. The van der Waals surface area contributed by atoms with Crippen LogP contribution in [0.3, 0.4) is 0 Å². The first-order valence-electron chi connectivity index (χ1n) is 26.2. The third-order valence-corrected chi connectivity index (χ3v) is 10.8. The van der Waals surface area contributed by atoms with Crippen LogP contribution in [0.25, 0.3) is 49.8 Å². The molecule has 3 heteroatoms. The summed E-state index contributed by atoms with van der Waals surface area (Å²) in [6, 6.07) is 58.5. The molecule has 0 atom stereocenters. The van der Waals surface area contributed by atoms with Crippen LogP contribution in [0.5, 0.6) is 0 Å². The van der Waals surface area contributed by atoms with Crippen molar-refractivity contribution < 1.29 is 0 Å². The summed E-state index contributed by atoms with van der Waals surface area (Å²) in [6.07, 6.45) is 6.26. The molecular weight excluding hydrogens is 835 g/mol. The summed E-state index contributed by atoms with van der Waals surface area (Å²) < 4.78 is 6.71. The molecule has 0 saturated carbocycles. The topological polar surface area (TPSA) is 14.8 Å². The van der Waals surface area contributed by atoms with E-state index in [1.54, 1.807) is 0 Å². The van der Waals surface area contributed by atoms with E-state index in [0.29, 0.717) is 0 Å². The minimum atomic E-state index is 0.180. The predicted octanol–water partition coefficient (Wildman–Crippen LogP) is 20.9. The lowest BCUT2D eigenvalue weighted by Gasteiger charge is -2.19. The molecule has 0 radical (unpaired) electrons. The number of benzene rings is 6.